The van der Waals surface area contributed by atoms with Crippen molar-refractivity contribution in [1.82, 2.24) is 14.8 Å². The van der Waals surface area contributed by atoms with Crippen LogP contribution in [0.5, 0.6) is 0 Å². The Balaban J connectivity index is 1.79. The summed E-state index contributed by atoms with van der Waals surface area (Å²) in [4.78, 5) is 0. The van der Waals surface area contributed by atoms with E-state index in [1.807, 2.05) is 12.1 Å². The van der Waals surface area contributed by atoms with Crippen molar-refractivity contribution >= 4 is 11.8 Å². The van der Waals surface area contributed by atoms with E-state index in [1.54, 1.807) is 18.0 Å². The molecule has 0 unspecified atom stereocenters. The number of nitrogens with zero attached hydrogens (tertiary/aromatic N) is 3. The summed E-state index contributed by atoms with van der Waals surface area (Å²) < 4.78 is 7.60. The van der Waals surface area contributed by atoms with Gasteiger partial charge in [0.25, 0.3) is 0 Å². The lowest BCUT2D eigenvalue weighted by atomic mass is 10.2. The van der Waals surface area contributed by atoms with Crippen LogP contribution in [0.2, 0.25) is 0 Å². The van der Waals surface area contributed by atoms with Crippen LogP contribution in [0.15, 0.2) is 52.2 Å². The summed E-state index contributed by atoms with van der Waals surface area (Å²) in [5.41, 5.74) is 2.57. The first-order chi connectivity index (χ1) is 10.8. The summed E-state index contributed by atoms with van der Waals surface area (Å²) in [7, 11) is 0. The van der Waals surface area contributed by atoms with E-state index < -0.39 is 0 Å². The Labute approximate surface area is 134 Å². The van der Waals surface area contributed by atoms with Gasteiger partial charge < -0.3 is 4.42 Å². The Morgan fingerprint density at radius 1 is 1.14 bits per heavy atom. The molecule has 3 rings (SSSR count). The maximum absolute atomic E-state index is 5.46. The molecular weight excluding hydrogens is 294 g/mol. The summed E-state index contributed by atoms with van der Waals surface area (Å²) in [6.45, 7) is 5.14. The zero-order valence-corrected chi connectivity index (χ0v) is 13.6. The molecule has 114 valence electrons. The van der Waals surface area contributed by atoms with E-state index in [-0.39, 0.29) is 0 Å². The third-order valence-electron chi connectivity index (χ3n) is 3.39. The molecule has 2 aromatic heterocycles. The lowest BCUT2D eigenvalue weighted by molar-refractivity contribution is 0.559. The molecule has 0 spiro atoms. The van der Waals surface area contributed by atoms with Crippen LogP contribution in [-0.2, 0) is 12.3 Å². The lowest BCUT2D eigenvalue weighted by Gasteiger charge is -2.07. The Kier molecular flexibility index (Phi) is 4.63. The second-order valence-electron chi connectivity index (χ2n) is 5.21. The van der Waals surface area contributed by atoms with Gasteiger partial charge in [0, 0.05) is 12.3 Å². The number of aromatic nitrogens is 3. The third kappa shape index (κ3) is 3.25. The van der Waals surface area contributed by atoms with Crippen LogP contribution in [-0.4, -0.2) is 14.8 Å². The van der Waals surface area contributed by atoms with Crippen LogP contribution >= 0.6 is 11.8 Å². The minimum absolute atomic E-state index is 0.767. The maximum atomic E-state index is 5.46. The van der Waals surface area contributed by atoms with Crippen LogP contribution in [0, 0.1) is 6.92 Å². The number of thioether (sulfide) groups is 1. The highest BCUT2D eigenvalue weighted by molar-refractivity contribution is 7.98. The van der Waals surface area contributed by atoms with E-state index in [2.05, 4.69) is 52.9 Å². The van der Waals surface area contributed by atoms with Crippen molar-refractivity contribution in [3.05, 3.63) is 53.8 Å². The Hall–Kier alpha value is -2.01. The summed E-state index contributed by atoms with van der Waals surface area (Å²) in [6, 6.07) is 12.4. The topological polar surface area (TPSA) is 43.9 Å². The van der Waals surface area contributed by atoms with Crippen molar-refractivity contribution in [2.75, 3.05) is 0 Å². The van der Waals surface area contributed by atoms with E-state index in [9.17, 15) is 0 Å². The molecule has 0 radical (unpaired) electrons. The molecule has 3 aromatic rings. The summed E-state index contributed by atoms with van der Waals surface area (Å²) in [6.07, 6.45) is 2.70. The normalized spacial score (nSPS) is 11.0. The molecule has 2 heterocycles. The van der Waals surface area contributed by atoms with Gasteiger partial charge in [0.05, 0.1) is 6.26 Å². The highest BCUT2D eigenvalue weighted by Crippen LogP contribution is 2.27. The predicted octanol–water partition coefficient (Wildman–Crippen LogP) is 4.55. The quantitative estimate of drug-likeness (QED) is 0.626. The van der Waals surface area contributed by atoms with Gasteiger partial charge in [-0.2, -0.15) is 0 Å². The average Bonchev–Trinajstić information content (AvgIpc) is 3.17. The van der Waals surface area contributed by atoms with E-state index in [0.717, 1.165) is 35.5 Å². The Bertz CT molecular complexity index is 717. The van der Waals surface area contributed by atoms with Gasteiger partial charge in [0.1, 0.15) is 0 Å². The van der Waals surface area contributed by atoms with Crippen molar-refractivity contribution in [2.45, 2.75) is 37.7 Å². The molecule has 4 nitrogen and oxygen atoms in total. The molecule has 0 bridgehead atoms. The average molecular weight is 313 g/mol. The second kappa shape index (κ2) is 6.83. The monoisotopic (exact) mass is 313 g/mol. The van der Waals surface area contributed by atoms with Gasteiger partial charge in [-0.3, -0.25) is 4.57 Å². The highest BCUT2D eigenvalue weighted by Gasteiger charge is 2.15. The molecule has 0 N–H and O–H groups in total. The molecule has 0 fully saturated rings. The number of hydrogen-bond acceptors (Lipinski definition) is 4. The number of hydrogen-bond donors (Lipinski definition) is 0. The predicted molar refractivity (Wildman–Crippen MR) is 88.8 cm³/mol. The number of rotatable bonds is 6. The first-order valence-corrected chi connectivity index (χ1v) is 8.42. The molecule has 0 aliphatic heterocycles. The highest BCUT2D eigenvalue weighted by atomic mass is 32.2. The molecule has 0 saturated carbocycles. The molecule has 1 aromatic carbocycles. The second-order valence-corrected chi connectivity index (χ2v) is 6.15. The summed E-state index contributed by atoms with van der Waals surface area (Å²) >= 11 is 1.71. The van der Waals surface area contributed by atoms with Gasteiger partial charge in [0.15, 0.2) is 16.7 Å². The first-order valence-electron chi connectivity index (χ1n) is 7.43. The molecule has 0 amide bonds. The van der Waals surface area contributed by atoms with Crippen LogP contribution in [0.4, 0.5) is 0 Å². The van der Waals surface area contributed by atoms with E-state index in [1.165, 1.54) is 11.1 Å². The number of furan rings is 1. The van der Waals surface area contributed by atoms with Gasteiger partial charge in [-0.15, -0.1) is 10.2 Å². The van der Waals surface area contributed by atoms with Gasteiger partial charge in [-0.1, -0.05) is 48.5 Å². The van der Waals surface area contributed by atoms with E-state index in [4.69, 9.17) is 4.42 Å². The van der Waals surface area contributed by atoms with Crippen molar-refractivity contribution in [2.24, 2.45) is 0 Å². The zero-order valence-electron chi connectivity index (χ0n) is 12.8. The Morgan fingerprint density at radius 3 is 2.64 bits per heavy atom. The SMILES string of the molecule is CCCn1c(SCc2ccc(C)cc2)nnc1-c1ccco1. The van der Waals surface area contributed by atoms with Crippen molar-refractivity contribution < 1.29 is 4.42 Å². The molecular formula is C17H19N3OS. The van der Waals surface area contributed by atoms with E-state index >= 15 is 0 Å². The molecule has 0 aliphatic rings. The smallest absolute Gasteiger partial charge is 0.200 e. The first kappa shape index (κ1) is 14.9. The van der Waals surface area contributed by atoms with Crippen molar-refractivity contribution in [3.63, 3.8) is 0 Å². The van der Waals surface area contributed by atoms with Crippen LogP contribution in [0.1, 0.15) is 24.5 Å². The molecule has 0 atom stereocenters. The summed E-state index contributed by atoms with van der Waals surface area (Å²) in [5.74, 6) is 2.46. The number of aryl methyl sites for hydroxylation is 1. The lowest BCUT2D eigenvalue weighted by Crippen LogP contribution is -2.01. The minimum atomic E-state index is 0.767. The molecule has 0 saturated heterocycles. The fourth-order valence-corrected chi connectivity index (χ4v) is 3.16. The van der Waals surface area contributed by atoms with Crippen LogP contribution in [0.3, 0.4) is 0 Å². The van der Waals surface area contributed by atoms with Crippen molar-refractivity contribution in [3.8, 4) is 11.6 Å². The minimum Gasteiger partial charge on any atom is -0.461 e. The molecule has 0 aliphatic carbocycles. The Morgan fingerprint density at radius 2 is 1.95 bits per heavy atom. The van der Waals surface area contributed by atoms with Crippen LogP contribution < -0.4 is 0 Å². The third-order valence-corrected chi connectivity index (χ3v) is 4.43. The molecule has 22 heavy (non-hydrogen) atoms. The van der Waals surface area contributed by atoms with Crippen LogP contribution in [0.25, 0.3) is 11.6 Å². The van der Waals surface area contributed by atoms with Crippen molar-refractivity contribution in [1.29, 1.82) is 0 Å². The van der Waals surface area contributed by atoms with Gasteiger partial charge in [-0.25, -0.2) is 0 Å². The fraction of sp³-hybridized carbons (Fsp3) is 0.294. The van der Waals surface area contributed by atoms with Gasteiger partial charge in [-0.05, 0) is 31.0 Å². The number of benzene rings is 1. The largest absolute Gasteiger partial charge is 0.461 e. The fourth-order valence-electron chi connectivity index (χ4n) is 2.24. The standard InChI is InChI=1S/C17H19N3OS/c1-3-10-20-16(15-5-4-11-21-15)18-19-17(20)22-12-14-8-6-13(2)7-9-14/h4-9,11H,3,10,12H2,1-2H3. The van der Waals surface area contributed by atoms with Gasteiger partial charge >= 0.3 is 0 Å². The summed E-state index contributed by atoms with van der Waals surface area (Å²) in [5, 5.41) is 9.58. The molecule has 5 heteroatoms. The van der Waals surface area contributed by atoms with E-state index in [0.29, 0.717) is 0 Å². The maximum Gasteiger partial charge on any atom is 0.200 e. The zero-order chi connectivity index (χ0) is 15.4. The van der Waals surface area contributed by atoms with Gasteiger partial charge in [0.2, 0.25) is 0 Å².